The fraction of sp³-hybridized carbons (Fsp3) is 0.632. The van der Waals surface area contributed by atoms with Gasteiger partial charge in [-0.05, 0) is 44.5 Å². The zero-order valence-corrected chi connectivity index (χ0v) is 17.5. The first kappa shape index (κ1) is 21.7. The van der Waals surface area contributed by atoms with E-state index in [1.165, 1.54) is 4.31 Å². The van der Waals surface area contributed by atoms with Crippen LogP contribution in [0.5, 0.6) is 0 Å². The Morgan fingerprint density at radius 2 is 1.81 bits per heavy atom. The number of benzene rings is 1. The van der Waals surface area contributed by atoms with E-state index in [0.29, 0.717) is 18.7 Å². The van der Waals surface area contributed by atoms with E-state index < -0.39 is 10.0 Å². The summed E-state index contributed by atoms with van der Waals surface area (Å²) in [6.07, 6.45) is 0.804. The van der Waals surface area contributed by atoms with Crippen LogP contribution in [0.1, 0.15) is 37.6 Å². The lowest BCUT2D eigenvalue weighted by Gasteiger charge is -2.34. The lowest BCUT2D eigenvalue weighted by molar-refractivity contribution is -0.0440. The highest BCUT2D eigenvalue weighted by Gasteiger charge is 2.30. The van der Waals surface area contributed by atoms with Gasteiger partial charge in [-0.15, -0.1) is 0 Å². The fourth-order valence-electron chi connectivity index (χ4n) is 3.21. The number of anilines is 1. The maximum atomic E-state index is 12.5. The molecule has 2 atom stereocenters. The van der Waals surface area contributed by atoms with E-state index in [2.05, 4.69) is 17.1 Å². The van der Waals surface area contributed by atoms with Crippen molar-refractivity contribution < 1.29 is 17.9 Å². The predicted octanol–water partition coefficient (Wildman–Crippen LogP) is 1.70. The van der Waals surface area contributed by atoms with Gasteiger partial charge in [0.05, 0.1) is 18.0 Å². The number of nitrogens with zero attached hydrogens (tertiary/aromatic N) is 2. The molecular formula is C19H31N3O4S. The molecule has 1 fully saturated rings. The van der Waals surface area contributed by atoms with Gasteiger partial charge in [-0.2, -0.15) is 4.31 Å². The van der Waals surface area contributed by atoms with Gasteiger partial charge in [-0.25, -0.2) is 8.42 Å². The number of carbonyl (C=O) groups excluding carboxylic acids is 1. The molecule has 27 heavy (non-hydrogen) atoms. The van der Waals surface area contributed by atoms with E-state index in [1.54, 1.807) is 12.1 Å². The summed E-state index contributed by atoms with van der Waals surface area (Å²) in [5, 5.41) is 2.70. The molecule has 0 saturated carbocycles. The van der Waals surface area contributed by atoms with Crippen LogP contribution in [0.4, 0.5) is 5.69 Å². The smallest absolute Gasteiger partial charge is 0.251 e. The van der Waals surface area contributed by atoms with E-state index >= 15 is 0 Å². The Kier molecular flexibility index (Phi) is 7.64. The second-order valence-corrected chi connectivity index (χ2v) is 9.20. The minimum Gasteiger partial charge on any atom is -0.375 e. The van der Waals surface area contributed by atoms with Crippen molar-refractivity contribution in [2.24, 2.45) is 0 Å². The Hall–Kier alpha value is -1.64. The highest BCUT2D eigenvalue weighted by atomic mass is 32.2. The molecule has 1 aromatic carbocycles. The lowest BCUT2D eigenvalue weighted by atomic mass is 10.2. The number of rotatable bonds is 8. The molecule has 2 unspecified atom stereocenters. The topological polar surface area (TPSA) is 79.0 Å². The Bertz CT molecular complexity index is 711. The number of carbonyl (C=O) groups is 1. The highest BCUT2D eigenvalue weighted by molar-refractivity contribution is 7.89. The molecule has 0 bridgehead atoms. The summed E-state index contributed by atoms with van der Waals surface area (Å²) >= 11 is 0. The van der Waals surface area contributed by atoms with Gasteiger partial charge in [0.2, 0.25) is 10.0 Å². The Balaban J connectivity index is 1.86. The normalized spacial score (nSPS) is 21.0. The van der Waals surface area contributed by atoms with E-state index in [9.17, 15) is 13.2 Å². The van der Waals surface area contributed by atoms with Gasteiger partial charge in [0.1, 0.15) is 0 Å². The predicted molar refractivity (Wildman–Crippen MR) is 108 cm³/mol. The van der Waals surface area contributed by atoms with E-state index in [0.717, 1.165) is 18.7 Å². The average Bonchev–Trinajstić information content (AvgIpc) is 2.61. The zero-order chi connectivity index (χ0) is 20.0. The third kappa shape index (κ3) is 6.19. The Morgan fingerprint density at radius 1 is 1.22 bits per heavy atom. The summed E-state index contributed by atoms with van der Waals surface area (Å²) in [5.41, 5.74) is 1.57. The minimum atomic E-state index is -3.42. The summed E-state index contributed by atoms with van der Waals surface area (Å²) in [4.78, 5) is 14.4. The fourth-order valence-corrected chi connectivity index (χ4v) is 4.71. The molecule has 0 spiro atoms. The molecule has 1 saturated heterocycles. The number of ether oxygens (including phenoxy) is 1. The van der Waals surface area contributed by atoms with Crippen molar-refractivity contribution in [3.05, 3.63) is 29.8 Å². The van der Waals surface area contributed by atoms with Crippen LogP contribution >= 0.6 is 0 Å². The van der Waals surface area contributed by atoms with Crippen molar-refractivity contribution in [1.82, 2.24) is 9.62 Å². The molecule has 0 radical (unpaired) electrons. The van der Waals surface area contributed by atoms with Crippen LogP contribution in [-0.2, 0) is 14.8 Å². The average molecular weight is 398 g/mol. The molecule has 1 N–H and O–H groups in total. The van der Waals surface area contributed by atoms with Gasteiger partial charge in [-0.1, -0.05) is 6.92 Å². The Labute approximate surface area is 162 Å². The highest BCUT2D eigenvalue weighted by Crippen LogP contribution is 2.15. The summed E-state index contributed by atoms with van der Waals surface area (Å²) < 4.78 is 32.0. The van der Waals surface area contributed by atoms with Crippen molar-refractivity contribution >= 4 is 21.6 Å². The van der Waals surface area contributed by atoms with Crippen LogP contribution in [-0.4, -0.2) is 69.8 Å². The van der Waals surface area contributed by atoms with Gasteiger partial charge >= 0.3 is 0 Å². The van der Waals surface area contributed by atoms with Crippen LogP contribution in [0.15, 0.2) is 24.3 Å². The second-order valence-electron chi connectivity index (χ2n) is 7.11. The van der Waals surface area contributed by atoms with Crippen LogP contribution in [0, 0.1) is 0 Å². The maximum Gasteiger partial charge on any atom is 0.251 e. The summed E-state index contributed by atoms with van der Waals surface area (Å²) in [5.74, 6) is -0.381. The first-order valence-electron chi connectivity index (χ1n) is 9.45. The summed E-state index contributed by atoms with van der Waals surface area (Å²) in [6.45, 7) is 7.58. The quantitative estimate of drug-likeness (QED) is 0.722. The molecule has 1 heterocycles. The number of morpholine rings is 1. The van der Waals surface area contributed by atoms with Crippen molar-refractivity contribution in [3.8, 4) is 0 Å². The van der Waals surface area contributed by atoms with E-state index in [4.69, 9.17) is 4.74 Å². The number of nitrogens with one attached hydrogen (secondary N) is 1. The number of amides is 1. The molecule has 1 aliphatic rings. The van der Waals surface area contributed by atoms with Crippen LogP contribution < -0.4 is 10.2 Å². The van der Waals surface area contributed by atoms with Gasteiger partial charge < -0.3 is 15.0 Å². The maximum absolute atomic E-state index is 12.5. The number of sulfonamides is 1. The first-order valence-corrected chi connectivity index (χ1v) is 11.1. The van der Waals surface area contributed by atoms with Crippen molar-refractivity contribution in [1.29, 1.82) is 0 Å². The molecule has 0 aromatic heterocycles. The molecule has 0 aliphatic carbocycles. The third-order valence-electron chi connectivity index (χ3n) is 4.55. The molecule has 2 rings (SSSR count). The SMILES string of the molecule is CCCN(C)c1ccc(C(=O)NCCS(=O)(=O)N2CC(C)OC(C)C2)cc1. The van der Waals surface area contributed by atoms with Crippen molar-refractivity contribution in [2.45, 2.75) is 39.4 Å². The molecule has 1 aliphatic heterocycles. The number of hydrogen-bond donors (Lipinski definition) is 1. The Morgan fingerprint density at radius 3 is 2.37 bits per heavy atom. The van der Waals surface area contributed by atoms with Gasteiger partial charge in [0.15, 0.2) is 0 Å². The molecular weight excluding hydrogens is 366 g/mol. The van der Waals surface area contributed by atoms with E-state index in [-0.39, 0.29) is 30.4 Å². The van der Waals surface area contributed by atoms with Gasteiger partial charge in [0.25, 0.3) is 5.91 Å². The lowest BCUT2D eigenvalue weighted by Crippen LogP contribution is -2.49. The van der Waals surface area contributed by atoms with Gasteiger partial charge in [-0.3, -0.25) is 4.79 Å². The molecule has 1 aromatic rings. The standard InChI is InChI=1S/C19H31N3O4S/c1-5-11-21(4)18-8-6-17(7-9-18)19(23)20-10-12-27(24,25)22-13-15(2)26-16(3)14-22/h6-9,15-16H,5,10-14H2,1-4H3,(H,20,23). The minimum absolute atomic E-state index is 0.0821. The zero-order valence-electron chi connectivity index (χ0n) is 16.6. The third-order valence-corrected chi connectivity index (χ3v) is 6.36. The molecule has 7 nitrogen and oxygen atoms in total. The van der Waals surface area contributed by atoms with Gasteiger partial charge in [0, 0.05) is 44.5 Å². The van der Waals surface area contributed by atoms with Crippen LogP contribution in [0.25, 0.3) is 0 Å². The van der Waals surface area contributed by atoms with Crippen molar-refractivity contribution in [3.63, 3.8) is 0 Å². The largest absolute Gasteiger partial charge is 0.375 e. The van der Waals surface area contributed by atoms with Crippen LogP contribution in [0.3, 0.4) is 0 Å². The number of hydrogen-bond acceptors (Lipinski definition) is 5. The summed E-state index contributed by atoms with van der Waals surface area (Å²) in [6, 6.07) is 7.32. The summed E-state index contributed by atoms with van der Waals surface area (Å²) in [7, 11) is -1.41. The molecule has 8 heteroatoms. The van der Waals surface area contributed by atoms with E-state index in [1.807, 2.05) is 33.0 Å². The van der Waals surface area contributed by atoms with Crippen molar-refractivity contribution in [2.75, 3.05) is 43.9 Å². The first-order chi connectivity index (χ1) is 12.7. The second kappa shape index (κ2) is 9.52. The van der Waals surface area contributed by atoms with Crippen LogP contribution in [0.2, 0.25) is 0 Å². The monoisotopic (exact) mass is 397 g/mol. The molecule has 1 amide bonds. The molecule has 152 valence electrons.